The number of methoxy groups -OCH3 is 1. The van der Waals surface area contributed by atoms with Crippen LogP contribution < -0.4 is 4.74 Å². The molecular weight excluding hydrogens is 244 g/mol. The highest BCUT2D eigenvalue weighted by Crippen LogP contribution is 2.27. The first-order valence-corrected chi connectivity index (χ1v) is 5.94. The summed E-state index contributed by atoms with van der Waals surface area (Å²) in [5.41, 5.74) is 0.472. The second kappa shape index (κ2) is 5.56. The molecule has 2 rings (SSSR count). The van der Waals surface area contributed by atoms with Gasteiger partial charge < -0.3 is 14.7 Å². The highest BCUT2D eigenvalue weighted by Gasteiger charge is 2.20. The highest BCUT2D eigenvalue weighted by atomic mass is 16.5. The largest absolute Gasteiger partial charge is 0.504 e. The maximum absolute atomic E-state index is 12.3. The average Bonchev–Trinajstić information content (AvgIpc) is 2.47. The van der Waals surface area contributed by atoms with E-state index in [0.29, 0.717) is 12.1 Å². The third kappa shape index (κ3) is 2.76. The zero-order chi connectivity index (χ0) is 13.8. The lowest BCUT2D eigenvalue weighted by Crippen LogP contribution is -2.38. The van der Waals surface area contributed by atoms with Crippen molar-refractivity contribution in [1.29, 1.82) is 0 Å². The molecule has 0 aliphatic carbocycles. The van der Waals surface area contributed by atoms with Crippen LogP contribution in [0.4, 0.5) is 0 Å². The molecule has 19 heavy (non-hydrogen) atoms. The first-order valence-electron chi connectivity index (χ1n) is 5.94. The summed E-state index contributed by atoms with van der Waals surface area (Å²) in [6.07, 6.45) is 5.48. The van der Waals surface area contributed by atoms with Gasteiger partial charge in [-0.1, -0.05) is 6.08 Å². The molecule has 1 heterocycles. The molecule has 0 saturated carbocycles. The second-order valence-electron chi connectivity index (χ2n) is 4.27. The number of dihydropyridines is 1. The number of carbonyl (C=O) groups excluding carboxylic acids is 1. The van der Waals surface area contributed by atoms with E-state index in [2.05, 4.69) is 4.99 Å². The molecule has 0 aromatic heterocycles. The Morgan fingerprint density at radius 2 is 2.32 bits per heavy atom. The Hall–Kier alpha value is -2.30. The standard InChI is InChI=1S/C14H16N2O3/c1-16(11-4-3-7-15-9-11)14(18)10-5-6-12(17)13(8-10)19-2/h3-8,11,17H,9H2,1-2H3. The number of phenols is 1. The molecule has 5 heteroatoms. The predicted molar refractivity (Wildman–Crippen MR) is 73.0 cm³/mol. The minimum atomic E-state index is -0.134. The normalized spacial score (nSPS) is 17.3. The number of benzene rings is 1. The molecule has 0 radical (unpaired) electrons. The zero-order valence-corrected chi connectivity index (χ0v) is 10.9. The van der Waals surface area contributed by atoms with Crippen molar-refractivity contribution in [2.24, 2.45) is 4.99 Å². The van der Waals surface area contributed by atoms with Crippen molar-refractivity contribution in [3.8, 4) is 11.5 Å². The summed E-state index contributed by atoms with van der Waals surface area (Å²) in [4.78, 5) is 18.1. The van der Waals surface area contributed by atoms with E-state index in [-0.39, 0.29) is 23.4 Å². The summed E-state index contributed by atoms with van der Waals surface area (Å²) >= 11 is 0. The van der Waals surface area contributed by atoms with Crippen LogP contribution in [0.5, 0.6) is 11.5 Å². The van der Waals surface area contributed by atoms with Crippen LogP contribution in [0.1, 0.15) is 10.4 Å². The summed E-state index contributed by atoms with van der Waals surface area (Å²) in [5.74, 6) is 0.172. The molecule has 1 aromatic carbocycles. The van der Waals surface area contributed by atoms with Gasteiger partial charge in [0.2, 0.25) is 0 Å². The lowest BCUT2D eigenvalue weighted by Gasteiger charge is -2.25. The van der Waals surface area contributed by atoms with E-state index in [4.69, 9.17) is 4.74 Å². The number of carbonyl (C=O) groups is 1. The van der Waals surface area contributed by atoms with E-state index in [1.54, 1.807) is 24.2 Å². The van der Waals surface area contributed by atoms with Gasteiger partial charge in [-0.05, 0) is 24.3 Å². The van der Waals surface area contributed by atoms with Crippen LogP contribution in [-0.2, 0) is 0 Å². The van der Waals surface area contributed by atoms with Gasteiger partial charge in [0.1, 0.15) is 0 Å². The minimum Gasteiger partial charge on any atom is -0.504 e. The molecular formula is C14H16N2O3. The minimum absolute atomic E-state index is 0.0175. The molecule has 5 nitrogen and oxygen atoms in total. The number of phenolic OH excluding ortho intramolecular Hbond substituents is 1. The van der Waals surface area contributed by atoms with Gasteiger partial charge in [-0.25, -0.2) is 0 Å². The molecule has 0 bridgehead atoms. The van der Waals surface area contributed by atoms with Gasteiger partial charge in [-0.15, -0.1) is 0 Å². The Kier molecular flexibility index (Phi) is 3.85. The maximum Gasteiger partial charge on any atom is 0.254 e. The molecule has 1 unspecified atom stereocenters. The van der Waals surface area contributed by atoms with Gasteiger partial charge in [0.25, 0.3) is 5.91 Å². The van der Waals surface area contributed by atoms with Crippen molar-refractivity contribution in [3.63, 3.8) is 0 Å². The Morgan fingerprint density at radius 3 is 2.95 bits per heavy atom. The second-order valence-corrected chi connectivity index (χ2v) is 4.27. The molecule has 1 aliphatic rings. The monoisotopic (exact) mass is 260 g/mol. The molecule has 1 amide bonds. The molecule has 1 aliphatic heterocycles. The number of rotatable bonds is 3. The van der Waals surface area contributed by atoms with E-state index >= 15 is 0 Å². The van der Waals surface area contributed by atoms with Crippen LogP contribution >= 0.6 is 0 Å². The van der Waals surface area contributed by atoms with Gasteiger partial charge in [0.15, 0.2) is 11.5 Å². The number of hydrogen-bond donors (Lipinski definition) is 1. The summed E-state index contributed by atoms with van der Waals surface area (Å²) in [6, 6.07) is 4.52. The SMILES string of the molecule is COc1cc(C(=O)N(C)C2C=CC=NC2)ccc1O. The third-order valence-electron chi connectivity index (χ3n) is 3.06. The fourth-order valence-corrected chi connectivity index (χ4v) is 1.88. The first-order chi connectivity index (χ1) is 9.13. The first kappa shape index (κ1) is 13.1. The van der Waals surface area contributed by atoms with E-state index < -0.39 is 0 Å². The van der Waals surface area contributed by atoms with Crippen LogP contribution in [-0.4, -0.2) is 48.9 Å². The number of nitrogens with zero attached hydrogens (tertiary/aromatic N) is 2. The van der Waals surface area contributed by atoms with Crippen molar-refractivity contribution in [3.05, 3.63) is 35.9 Å². The van der Waals surface area contributed by atoms with E-state index in [0.717, 1.165) is 0 Å². The molecule has 1 aromatic rings. The van der Waals surface area contributed by atoms with Gasteiger partial charge in [0.05, 0.1) is 19.7 Å². The van der Waals surface area contributed by atoms with Crippen LogP contribution in [0.2, 0.25) is 0 Å². The van der Waals surface area contributed by atoms with Crippen LogP contribution in [0, 0.1) is 0 Å². The van der Waals surface area contributed by atoms with Gasteiger partial charge in [0, 0.05) is 18.8 Å². The third-order valence-corrected chi connectivity index (χ3v) is 3.06. The van der Waals surface area contributed by atoms with E-state index in [9.17, 15) is 9.90 Å². The van der Waals surface area contributed by atoms with Gasteiger partial charge >= 0.3 is 0 Å². The Balaban J connectivity index is 2.19. The molecule has 0 spiro atoms. The van der Waals surface area contributed by atoms with Crippen molar-refractivity contribution in [1.82, 2.24) is 4.90 Å². The van der Waals surface area contributed by atoms with Crippen molar-refractivity contribution in [2.75, 3.05) is 20.7 Å². The number of hydrogen-bond acceptors (Lipinski definition) is 4. The Labute approximate surface area is 111 Å². The maximum atomic E-state index is 12.3. The fraction of sp³-hybridized carbons (Fsp3) is 0.286. The molecule has 0 fully saturated rings. The average molecular weight is 260 g/mol. The van der Waals surface area contributed by atoms with Crippen LogP contribution in [0.25, 0.3) is 0 Å². The molecule has 1 atom stereocenters. The Morgan fingerprint density at radius 1 is 1.53 bits per heavy atom. The number of aliphatic imine (C=N–C) groups is 1. The van der Waals surface area contributed by atoms with Crippen molar-refractivity contribution >= 4 is 12.1 Å². The van der Waals surface area contributed by atoms with E-state index in [1.807, 2.05) is 12.2 Å². The summed E-state index contributed by atoms with van der Waals surface area (Å²) in [7, 11) is 3.18. The number of aromatic hydroxyl groups is 1. The molecule has 1 N–H and O–H groups in total. The summed E-state index contributed by atoms with van der Waals surface area (Å²) in [5, 5.41) is 9.52. The Bertz CT molecular complexity index is 537. The number of likely N-dealkylation sites (N-methyl/N-ethyl adjacent to an activating group) is 1. The molecule has 0 saturated heterocycles. The lowest BCUT2D eigenvalue weighted by molar-refractivity contribution is 0.0764. The highest BCUT2D eigenvalue weighted by molar-refractivity contribution is 5.95. The van der Waals surface area contributed by atoms with Crippen molar-refractivity contribution < 1.29 is 14.6 Å². The van der Waals surface area contributed by atoms with Crippen LogP contribution in [0.3, 0.4) is 0 Å². The zero-order valence-electron chi connectivity index (χ0n) is 10.9. The smallest absolute Gasteiger partial charge is 0.254 e. The van der Waals surface area contributed by atoms with Crippen molar-refractivity contribution in [2.45, 2.75) is 6.04 Å². The summed E-state index contributed by atoms with van der Waals surface area (Å²) < 4.78 is 5.00. The lowest BCUT2D eigenvalue weighted by atomic mass is 10.1. The van der Waals surface area contributed by atoms with Gasteiger partial charge in [-0.3, -0.25) is 9.79 Å². The van der Waals surface area contributed by atoms with Gasteiger partial charge in [-0.2, -0.15) is 0 Å². The molecule has 100 valence electrons. The quantitative estimate of drug-likeness (QED) is 0.895. The number of ether oxygens (including phenoxy) is 1. The van der Waals surface area contributed by atoms with E-state index in [1.165, 1.54) is 19.2 Å². The summed E-state index contributed by atoms with van der Waals surface area (Å²) in [6.45, 7) is 0.563. The fourth-order valence-electron chi connectivity index (χ4n) is 1.88. The number of amides is 1. The topological polar surface area (TPSA) is 62.1 Å². The number of allylic oxidation sites excluding steroid dienone is 1. The predicted octanol–water partition coefficient (Wildman–Crippen LogP) is 1.48. The van der Waals surface area contributed by atoms with Crippen LogP contribution in [0.15, 0.2) is 35.3 Å².